The molecule has 120 valence electrons. The number of hydrogen-bond donors (Lipinski definition) is 1. The van der Waals surface area contributed by atoms with E-state index in [1.807, 2.05) is 37.3 Å². The van der Waals surface area contributed by atoms with Crippen LogP contribution in [0.2, 0.25) is 0 Å². The van der Waals surface area contributed by atoms with Crippen LogP contribution in [0.25, 0.3) is 0 Å². The summed E-state index contributed by atoms with van der Waals surface area (Å²) in [4.78, 5) is 12.1. The zero-order valence-electron chi connectivity index (χ0n) is 13.6. The average molecular weight is 311 g/mol. The average Bonchev–Trinajstić information content (AvgIpc) is 2.47. The molecule has 0 aliphatic carbocycles. The molecule has 4 heteroatoms. The van der Waals surface area contributed by atoms with Gasteiger partial charge in [0.1, 0.15) is 11.3 Å². The van der Waals surface area contributed by atoms with E-state index in [-0.39, 0.29) is 12.0 Å². The molecule has 0 saturated carbocycles. The molecule has 0 saturated heterocycles. The Morgan fingerprint density at radius 2 is 1.70 bits per heavy atom. The van der Waals surface area contributed by atoms with Crippen molar-refractivity contribution in [2.45, 2.75) is 39.0 Å². The topological polar surface area (TPSA) is 61.6 Å². The first-order valence-electron chi connectivity index (χ1n) is 7.74. The molecule has 23 heavy (non-hydrogen) atoms. The molecule has 0 bridgehead atoms. The van der Waals surface area contributed by atoms with Crippen molar-refractivity contribution in [1.29, 1.82) is 0 Å². The van der Waals surface area contributed by atoms with Gasteiger partial charge in [-0.3, -0.25) is 0 Å². The lowest BCUT2D eigenvalue weighted by Gasteiger charge is -2.31. The third-order valence-electron chi connectivity index (χ3n) is 3.87. The van der Waals surface area contributed by atoms with Crippen molar-refractivity contribution < 1.29 is 14.3 Å². The Labute approximate surface area is 136 Å². The molecule has 1 atom stereocenters. The number of hydrogen-bond acceptors (Lipinski definition) is 4. The van der Waals surface area contributed by atoms with Crippen molar-refractivity contribution in [3.05, 3.63) is 64.7 Å². The van der Waals surface area contributed by atoms with E-state index in [0.717, 1.165) is 17.5 Å². The van der Waals surface area contributed by atoms with Gasteiger partial charge in [0.05, 0.1) is 0 Å². The van der Waals surface area contributed by atoms with Crippen molar-refractivity contribution in [2.75, 3.05) is 0 Å². The Bertz CT molecular complexity index is 733. The smallest absolute Gasteiger partial charge is 0.345 e. The van der Waals surface area contributed by atoms with E-state index >= 15 is 0 Å². The van der Waals surface area contributed by atoms with Gasteiger partial charge in [-0.2, -0.15) is 0 Å². The number of esters is 1. The van der Waals surface area contributed by atoms with Crippen LogP contribution in [0, 0.1) is 0 Å². The number of carbonyl (C=O) groups excluding carboxylic acids is 1. The SMILES string of the molecule is CC(N)c1ccc(Cc2ccc3c(c2)C(=O)OC(C)(C)O3)cc1. The molecular formula is C19H21NO3. The summed E-state index contributed by atoms with van der Waals surface area (Å²) in [6.45, 7) is 5.41. The van der Waals surface area contributed by atoms with E-state index in [4.69, 9.17) is 15.2 Å². The molecule has 1 aliphatic heterocycles. The minimum absolute atomic E-state index is 0.0306. The molecular weight excluding hydrogens is 290 g/mol. The molecule has 0 radical (unpaired) electrons. The monoisotopic (exact) mass is 311 g/mol. The highest BCUT2D eigenvalue weighted by atomic mass is 16.7. The second kappa shape index (κ2) is 5.70. The molecule has 1 unspecified atom stereocenters. The fraction of sp³-hybridized carbons (Fsp3) is 0.316. The normalized spacial score (nSPS) is 17.0. The molecule has 2 N–H and O–H groups in total. The van der Waals surface area contributed by atoms with Gasteiger partial charge in [-0.25, -0.2) is 4.79 Å². The predicted molar refractivity (Wildman–Crippen MR) is 88.4 cm³/mol. The summed E-state index contributed by atoms with van der Waals surface area (Å²) in [6, 6.07) is 13.9. The fourth-order valence-electron chi connectivity index (χ4n) is 2.67. The van der Waals surface area contributed by atoms with Crippen LogP contribution >= 0.6 is 0 Å². The summed E-state index contributed by atoms with van der Waals surface area (Å²) in [5.41, 5.74) is 9.66. The summed E-state index contributed by atoms with van der Waals surface area (Å²) in [5.74, 6) is -0.687. The van der Waals surface area contributed by atoms with E-state index in [9.17, 15) is 4.79 Å². The standard InChI is InChI=1S/C19H21NO3/c1-12(20)15-7-4-13(5-8-15)10-14-6-9-17-16(11-14)18(21)23-19(2,3)22-17/h4-9,11-12H,10,20H2,1-3H3. The number of carbonyl (C=O) groups is 1. The van der Waals surface area contributed by atoms with Crippen LogP contribution in [0.1, 0.15) is 53.9 Å². The molecule has 0 amide bonds. The first kappa shape index (κ1) is 15.6. The molecule has 0 fully saturated rings. The molecule has 3 rings (SSSR count). The first-order chi connectivity index (χ1) is 10.8. The predicted octanol–water partition coefficient (Wildman–Crippen LogP) is 3.58. The van der Waals surface area contributed by atoms with Crippen LogP contribution in [-0.2, 0) is 11.2 Å². The van der Waals surface area contributed by atoms with Crippen LogP contribution in [-0.4, -0.2) is 11.8 Å². The number of nitrogens with two attached hydrogens (primary N) is 1. The molecule has 1 heterocycles. The van der Waals surface area contributed by atoms with Gasteiger partial charge in [-0.05, 0) is 42.2 Å². The number of cyclic esters (lactones) is 1. The van der Waals surface area contributed by atoms with Crippen LogP contribution in [0.5, 0.6) is 5.75 Å². The summed E-state index contributed by atoms with van der Waals surface area (Å²) in [6.07, 6.45) is 0.739. The van der Waals surface area contributed by atoms with E-state index in [2.05, 4.69) is 12.1 Å². The van der Waals surface area contributed by atoms with Gasteiger partial charge in [0.15, 0.2) is 0 Å². The number of ether oxygens (including phenoxy) is 2. The third kappa shape index (κ3) is 3.37. The van der Waals surface area contributed by atoms with Crippen LogP contribution in [0.3, 0.4) is 0 Å². The number of benzene rings is 2. The Balaban J connectivity index is 1.82. The van der Waals surface area contributed by atoms with Gasteiger partial charge in [0.25, 0.3) is 0 Å². The minimum atomic E-state index is -0.916. The molecule has 1 aliphatic rings. The Morgan fingerprint density at radius 1 is 1.04 bits per heavy atom. The largest absolute Gasteiger partial charge is 0.452 e. The lowest BCUT2D eigenvalue weighted by Crippen LogP contribution is -2.38. The summed E-state index contributed by atoms with van der Waals surface area (Å²) in [7, 11) is 0. The molecule has 4 nitrogen and oxygen atoms in total. The number of rotatable bonds is 3. The summed E-state index contributed by atoms with van der Waals surface area (Å²) in [5, 5.41) is 0. The molecule has 2 aromatic rings. The maximum absolute atomic E-state index is 12.1. The maximum Gasteiger partial charge on any atom is 0.345 e. The van der Waals surface area contributed by atoms with Gasteiger partial charge < -0.3 is 15.2 Å². The second-order valence-corrected chi connectivity index (χ2v) is 6.43. The zero-order valence-corrected chi connectivity index (χ0v) is 13.6. The zero-order chi connectivity index (χ0) is 16.6. The lowest BCUT2D eigenvalue weighted by atomic mass is 9.99. The highest BCUT2D eigenvalue weighted by Gasteiger charge is 2.33. The number of fused-ring (bicyclic) bond motifs is 1. The van der Waals surface area contributed by atoms with Gasteiger partial charge >= 0.3 is 5.97 Å². The minimum Gasteiger partial charge on any atom is -0.452 e. The molecule has 0 spiro atoms. The van der Waals surface area contributed by atoms with Gasteiger partial charge in [0, 0.05) is 19.9 Å². The van der Waals surface area contributed by atoms with Gasteiger partial charge in [0.2, 0.25) is 5.79 Å². The fourth-order valence-corrected chi connectivity index (χ4v) is 2.67. The van der Waals surface area contributed by atoms with E-state index < -0.39 is 5.79 Å². The van der Waals surface area contributed by atoms with E-state index in [1.54, 1.807) is 13.8 Å². The quantitative estimate of drug-likeness (QED) is 0.880. The van der Waals surface area contributed by atoms with Crippen molar-refractivity contribution in [2.24, 2.45) is 5.73 Å². The van der Waals surface area contributed by atoms with Crippen molar-refractivity contribution >= 4 is 5.97 Å². The van der Waals surface area contributed by atoms with Crippen LogP contribution < -0.4 is 10.5 Å². The Hall–Kier alpha value is -2.33. The second-order valence-electron chi connectivity index (χ2n) is 6.43. The first-order valence-corrected chi connectivity index (χ1v) is 7.74. The van der Waals surface area contributed by atoms with Gasteiger partial charge in [-0.15, -0.1) is 0 Å². The van der Waals surface area contributed by atoms with Crippen molar-refractivity contribution in [3.8, 4) is 5.75 Å². The lowest BCUT2D eigenvalue weighted by molar-refractivity contribution is -0.127. The van der Waals surface area contributed by atoms with Gasteiger partial charge in [-0.1, -0.05) is 30.3 Å². The Morgan fingerprint density at radius 3 is 2.35 bits per heavy atom. The highest BCUT2D eigenvalue weighted by Crippen LogP contribution is 2.32. The molecule has 0 aromatic heterocycles. The van der Waals surface area contributed by atoms with E-state index in [0.29, 0.717) is 11.3 Å². The third-order valence-corrected chi connectivity index (χ3v) is 3.87. The summed E-state index contributed by atoms with van der Waals surface area (Å²) < 4.78 is 11.0. The highest BCUT2D eigenvalue weighted by molar-refractivity contribution is 5.93. The Kier molecular flexibility index (Phi) is 3.86. The van der Waals surface area contributed by atoms with Crippen molar-refractivity contribution in [3.63, 3.8) is 0 Å². The summed E-state index contributed by atoms with van der Waals surface area (Å²) >= 11 is 0. The molecule has 2 aromatic carbocycles. The van der Waals surface area contributed by atoms with Crippen LogP contribution in [0.4, 0.5) is 0 Å². The van der Waals surface area contributed by atoms with Crippen molar-refractivity contribution in [1.82, 2.24) is 0 Å². The van der Waals surface area contributed by atoms with Crippen LogP contribution in [0.15, 0.2) is 42.5 Å². The maximum atomic E-state index is 12.1. The van der Waals surface area contributed by atoms with E-state index in [1.165, 1.54) is 5.56 Å².